The third-order valence-corrected chi connectivity index (χ3v) is 3.99. The molecule has 1 amide bonds. The lowest BCUT2D eigenvalue weighted by atomic mass is 9.85. The molecule has 1 aliphatic heterocycles. The Morgan fingerprint density at radius 1 is 1.24 bits per heavy atom. The minimum absolute atomic E-state index is 0.124. The molecule has 0 aromatic heterocycles. The average Bonchev–Trinajstić information content (AvgIpc) is 2.74. The molecule has 17 heavy (non-hydrogen) atoms. The molecular formula is C13H17N3O. The van der Waals surface area contributed by atoms with Gasteiger partial charge in [-0.15, -0.1) is 0 Å². The summed E-state index contributed by atoms with van der Waals surface area (Å²) in [7, 11) is 0. The van der Waals surface area contributed by atoms with Crippen molar-refractivity contribution in [3.8, 4) is 0 Å². The van der Waals surface area contributed by atoms with Gasteiger partial charge in [-0.2, -0.15) is 0 Å². The van der Waals surface area contributed by atoms with Crippen LogP contribution in [0.25, 0.3) is 0 Å². The molecule has 0 bridgehead atoms. The van der Waals surface area contributed by atoms with Gasteiger partial charge in [0.2, 0.25) is 5.91 Å². The molecule has 1 aliphatic carbocycles. The van der Waals surface area contributed by atoms with Gasteiger partial charge in [0.05, 0.1) is 22.5 Å². The molecule has 4 heteroatoms. The Labute approximate surface area is 101 Å². The number of fused-ring (bicyclic) bond motifs is 1. The topological polar surface area (TPSA) is 67.1 Å². The second kappa shape index (κ2) is 3.65. The summed E-state index contributed by atoms with van der Waals surface area (Å²) in [5.41, 5.74) is 7.97. The maximum absolute atomic E-state index is 12.3. The number of nitrogens with one attached hydrogen (secondary N) is 2. The largest absolute Gasteiger partial charge is 0.397 e. The molecule has 4 N–H and O–H groups in total. The van der Waals surface area contributed by atoms with Crippen molar-refractivity contribution in [1.82, 2.24) is 0 Å². The summed E-state index contributed by atoms with van der Waals surface area (Å²) >= 11 is 0. The maximum atomic E-state index is 12.3. The normalized spacial score (nSPS) is 21.5. The van der Waals surface area contributed by atoms with Crippen LogP contribution < -0.4 is 16.4 Å². The van der Waals surface area contributed by atoms with Crippen LogP contribution in [0.4, 0.5) is 17.1 Å². The number of anilines is 3. The highest BCUT2D eigenvalue weighted by molar-refractivity contribution is 6.03. The molecule has 2 aliphatic rings. The summed E-state index contributed by atoms with van der Waals surface area (Å²) in [5.74, 6) is 0.124. The number of nitrogen functional groups attached to an aromatic ring is 1. The number of para-hydroxylation sites is 1. The van der Waals surface area contributed by atoms with Crippen LogP contribution in [-0.4, -0.2) is 12.5 Å². The van der Waals surface area contributed by atoms with Gasteiger partial charge in [-0.25, -0.2) is 0 Å². The molecule has 4 nitrogen and oxygen atoms in total. The quantitative estimate of drug-likeness (QED) is 0.600. The highest BCUT2D eigenvalue weighted by Crippen LogP contribution is 2.43. The Bertz CT molecular complexity index is 464. The summed E-state index contributed by atoms with van der Waals surface area (Å²) in [4.78, 5) is 12.3. The van der Waals surface area contributed by atoms with Crippen LogP contribution in [0.2, 0.25) is 0 Å². The van der Waals surface area contributed by atoms with Crippen molar-refractivity contribution in [1.29, 1.82) is 0 Å². The number of hydrogen-bond acceptors (Lipinski definition) is 3. The first-order chi connectivity index (χ1) is 8.21. The number of carbonyl (C=O) groups excluding carboxylic acids is 1. The molecule has 0 unspecified atom stereocenters. The van der Waals surface area contributed by atoms with Crippen molar-refractivity contribution in [2.75, 3.05) is 22.9 Å². The molecule has 0 saturated heterocycles. The second-order valence-electron chi connectivity index (χ2n) is 5.06. The number of carbonyl (C=O) groups is 1. The monoisotopic (exact) mass is 231 g/mol. The van der Waals surface area contributed by atoms with E-state index in [1.165, 1.54) is 0 Å². The van der Waals surface area contributed by atoms with Crippen molar-refractivity contribution < 1.29 is 4.79 Å². The molecule has 1 heterocycles. The van der Waals surface area contributed by atoms with Gasteiger partial charge < -0.3 is 16.4 Å². The third kappa shape index (κ3) is 1.55. The lowest BCUT2D eigenvalue weighted by Gasteiger charge is -2.24. The molecule has 90 valence electrons. The van der Waals surface area contributed by atoms with Gasteiger partial charge in [0.1, 0.15) is 0 Å². The van der Waals surface area contributed by atoms with Crippen LogP contribution in [0.3, 0.4) is 0 Å². The van der Waals surface area contributed by atoms with E-state index < -0.39 is 0 Å². The zero-order chi connectivity index (χ0) is 11.9. The summed E-state index contributed by atoms with van der Waals surface area (Å²) in [6.07, 6.45) is 4.22. The SMILES string of the molecule is Nc1cccc2c1NC(=O)C1(CCCC1)CN2. The van der Waals surface area contributed by atoms with Crippen molar-refractivity contribution in [2.45, 2.75) is 25.7 Å². The summed E-state index contributed by atoms with van der Waals surface area (Å²) in [5, 5.41) is 6.36. The van der Waals surface area contributed by atoms with Gasteiger partial charge in [0.15, 0.2) is 0 Å². The smallest absolute Gasteiger partial charge is 0.232 e. The fourth-order valence-electron chi connectivity index (χ4n) is 2.90. The van der Waals surface area contributed by atoms with Gasteiger partial charge >= 0.3 is 0 Å². The van der Waals surface area contributed by atoms with Crippen LogP contribution >= 0.6 is 0 Å². The molecule has 1 saturated carbocycles. The lowest BCUT2D eigenvalue weighted by molar-refractivity contribution is -0.124. The van der Waals surface area contributed by atoms with Crippen LogP contribution in [0.15, 0.2) is 18.2 Å². The van der Waals surface area contributed by atoms with Gasteiger partial charge in [-0.3, -0.25) is 4.79 Å². The first-order valence-electron chi connectivity index (χ1n) is 6.15. The van der Waals surface area contributed by atoms with Crippen molar-refractivity contribution >= 4 is 23.0 Å². The first-order valence-corrected chi connectivity index (χ1v) is 6.15. The van der Waals surface area contributed by atoms with Crippen molar-refractivity contribution in [3.63, 3.8) is 0 Å². The zero-order valence-electron chi connectivity index (χ0n) is 9.75. The first kappa shape index (κ1) is 10.4. The minimum atomic E-state index is -0.231. The molecular weight excluding hydrogens is 214 g/mol. The Balaban J connectivity index is 1.99. The maximum Gasteiger partial charge on any atom is 0.232 e. The molecule has 1 aromatic rings. The highest BCUT2D eigenvalue weighted by atomic mass is 16.2. The number of rotatable bonds is 0. The molecule has 1 spiro atoms. The molecule has 0 atom stereocenters. The Kier molecular flexibility index (Phi) is 2.24. The Morgan fingerprint density at radius 2 is 2.00 bits per heavy atom. The number of hydrogen-bond donors (Lipinski definition) is 3. The average molecular weight is 231 g/mol. The summed E-state index contributed by atoms with van der Waals surface area (Å²) in [6.45, 7) is 0.718. The standard InChI is InChI=1S/C13H17N3O/c14-9-4-3-5-10-11(9)16-12(17)13(8-15-10)6-1-2-7-13/h3-5,15H,1-2,6-8,14H2,(H,16,17). The van der Waals surface area contributed by atoms with E-state index in [0.717, 1.165) is 43.6 Å². The van der Waals surface area contributed by atoms with E-state index in [-0.39, 0.29) is 11.3 Å². The van der Waals surface area contributed by atoms with E-state index >= 15 is 0 Å². The van der Waals surface area contributed by atoms with Crippen molar-refractivity contribution in [3.05, 3.63) is 18.2 Å². The van der Waals surface area contributed by atoms with Crippen LogP contribution in [0.5, 0.6) is 0 Å². The third-order valence-electron chi connectivity index (χ3n) is 3.99. The van der Waals surface area contributed by atoms with E-state index in [2.05, 4.69) is 10.6 Å². The molecule has 1 aromatic carbocycles. The molecule has 0 radical (unpaired) electrons. The summed E-state index contributed by atoms with van der Waals surface area (Å²) in [6, 6.07) is 5.67. The van der Waals surface area contributed by atoms with E-state index in [9.17, 15) is 4.79 Å². The summed E-state index contributed by atoms with van der Waals surface area (Å²) < 4.78 is 0. The second-order valence-corrected chi connectivity index (χ2v) is 5.06. The molecule has 3 rings (SSSR count). The van der Waals surface area contributed by atoms with Gasteiger partial charge in [0.25, 0.3) is 0 Å². The van der Waals surface area contributed by atoms with Crippen molar-refractivity contribution in [2.24, 2.45) is 5.41 Å². The van der Waals surface area contributed by atoms with Gasteiger partial charge in [0, 0.05) is 6.54 Å². The predicted molar refractivity (Wildman–Crippen MR) is 68.9 cm³/mol. The number of nitrogens with two attached hydrogens (primary N) is 1. The van der Waals surface area contributed by atoms with Gasteiger partial charge in [-0.1, -0.05) is 18.9 Å². The van der Waals surface area contributed by atoms with Crippen LogP contribution in [0, 0.1) is 5.41 Å². The number of amides is 1. The van der Waals surface area contributed by atoms with E-state index in [0.29, 0.717) is 5.69 Å². The minimum Gasteiger partial charge on any atom is -0.397 e. The fourth-order valence-corrected chi connectivity index (χ4v) is 2.90. The van der Waals surface area contributed by atoms with E-state index in [4.69, 9.17) is 5.73 Å². The Morgan fingerprint density at radius 3 is 2.76 bits per heavy atom. The fraction of sp³-hybridized carbons (Fsp3) is 0.462. The highest BCUT2D eigenvalue weighted by Gasteiger charge is 2.42. The molecule has 1 fully saturated rings. The predicted octanol–water partition coefficient (Wildman–Crippen LogP) is 2.19. The zero-order valence-corrected chi connectivity index (χ0v) is 9.75. The number of benzene rings is 1. The van der Waals surface area contributed by atoms with Gasteiger partial charge in [-0.05, 0) is 25.0 Å². The van der Waals surface area contributed by atoms with Crippen LogP contribution in [-0.2, 0) is 4.79 Å². The van der Waals surface area contributed by atoms with Crippen LogP contribution in [0.1, 0.15) is 25.7 Å². The van der Waals surface area contributed by atoms with E-state index in [1.54, 1.807) is 0 Å². The Hall–Kier alpha value is -1.71. The van der Waals surface area contributed by atoms with E-state index in [1.807, 2.05) is 18.2 Å². The lowest BCUT2D eigenvalue weighted by Crippen LogP contribution is -2.37.